The number of unbranched alkanes of at least 4 members (excludes halogenated alkanes) is 11. The minimum Gasteiger partial charge on any atom is -0.325 e. The van der Waals surface area contributed by atoms with E-state index in [1.54, 1.807) is 0 Å². The van der Waals surface area contributed by atoms with Crippen LogP contribution in [0, 0.1) is 10.2 Å². The van der Waals surface area contributed by atoms with E-state index in [-0.39, 0.29) is 0 Å². The van der Waals surface area contributed by atoms with Crippen LogP contribution in [0.5, 0.6) is 0 Å². The average Bonchev–Trinajstić information content (AvgIpc) is 2.61. The lowest BCUT2D eigenvalue weighted by Crippen LogP contribution is -2.68. The van der Waals surface area contributed by atoms with Gasteiger partial charge < -0.3 is 4.48 Å². The van der Waals surface area contributed by atoms with E-state index in [9.17, 15) is 0 Å². The number of benzene rings is 1. The van der Waals surface area contributed by atoms with Crippen LogP contribution in [0.2, 0.25) is 0 Å². The number of nitrogens with zero attached hydrogens (tertiary/aromatic N) is 1. The fourth-order valence-corrected chi connectivity index (χ4v) is 3.54. The molecule has 0 aliphatic carbocycles. The highest BCUT2D eigenvalue weighted by atomic mass is 35.7. The van der Waals surface area contributed by atoms with E-state index in [1.165, 1.54) is 89.2 Å². The molecule has 0 atom stereocenters. The second kappa shape index (κ2) is 17.0. The Labute approximate surface area is 180 Å². The first-order valence-electron chi connectivity index (χ1n) is 11.1. The minimum atomic E-state index is -4.94. The fourth-order valence-electron chi connectivity index (χ4n) is 3.54. The zero-order valence-electron chi connectivity index (χ0n) is 18.7. The number of hydrogen-bond donors (Lipinski definition) is 0. The first-order valence-corrected chi connectivity index (χ1v) is 12.3. The van der Waals surface area contributed by atoms with Gasteiger partial charge >= 0.3 is 0 Å². The maximum absolute atomic E-state index is 8.49. The second-order valence-electron chi connectivity index (χ2n) is 8.57. The maximum atomic E-state index is 8.49. The van der Waals surface area contributed by atoms with E-state index in [2.05, 4.69) is 51.4 Å². The predicted octanol–water partition coefficient (Wildman–Crippen LogP) is 2.21. The summed E-state index contributed by atoms with van der Waals surface area (Å²) < 4.78 is 35.1. The van der Waals surface area contributed by atoms with E-state index < -0.39 is 10.2 Å². The molecule has 1 aromatic carbocycles. The van der Waals surface area contributed by atoms with Crippen LogP contribution in [0.3, 0.4) is 0 Å². The summed E-state index contributed by atoms with van der Waals surface area (Å²) in [5.41, 5.74) is 1.46. The Kier molecular flexibility index (Phi) is 16.6. The molecule has 0 heterocycles. The van der Waals surface area contributed by atoms with Crippen molar-refractivity contribution in [2.24, 2.45) is 0 Å². The summed E-state index contributed by atoms with van der Waals surface area (Å²) in [5.74, 6) is 0. The van der Waals surface area contributed by atoms with Crippen molar-refractivity contribution in [3.05, 3.63) is 35.9 Å². The van der Waals surface area contributed by atoms with Gasteiger partial charge in [0.15, 0.2) is 0 Å². The van der Waals surface area contributed by atoms with Gasteiger partial charge in [-0.05, 0) is 12.8 Å². The van der Waals surface area contributed by atoms with Crippen LogP contribution in [-0.2, 0) is 6.54 Å². The summed E-state index contributed by atoms with van der Waals surface area (Å²) in [5, 5.41) is 0. The molecule has 29 heavy (non-hydrogen) atoms. The molecule has 170 valence electrons. The number of halogens is 1. The van der Waals surface area contributed by atoms with Gasteiger partial charge in [0.05, 0.1) is 20.6 Å². The molecular formula is C23H42ClNO4. The molecule has 0 saturated heterocycles. The first kappa shape index (κ1) is 28.3. The highest BCUT2D eigenvalue weighted by molar-refractivity contribution is 5.13. The van der Waals surface area contributed by atoms with E-state index in [1.807, 2.05) is 0 Å². The van der Waals surface area contributed by atoms with Crippen molar-refractivity contribution in [3.8, 4) is 0 Å². The highest BCUT2D eigenvalue weighted by Gasteiger charge is 2.14. The zero-order chi connectivity index (χ0) is 22.0. The Morgan fingerprint density at radius 3 is 1.45 bits per heavy atom. The normalized spacial score (nSPS) is 11.8. The smallest absolute Gasteiger partial charge is 0.104 e. The molecule has 0 bridgehead atoms. The molecule has 0 fully saturated rings. The highest BCUT2D eigenvalue weighted by Crippen LogP contribution is 2.14. The van der Waals surface area contributed by atoms with Gasteiger partial charge in [0, 0.05) is 5.56 Å². The molecule has 0 aliphatic heterocycles. The molecule has 5 nitrogen and oxygen atoms in total. The van der Waals surface area contributed by atoms with Crippen LogP contribution >= 0.6 is 0 Å². The molecular weight excluding hydrogens is 390 g/mol. The van der Waals surface area contributed by atoms with Crippen molar-refractivity contribution in [1.29, 1.82) is 0 Å². The molecule has 0 amide bonds. The third-order valence-corrected chi connectivity index (χ3v) is 5.07. The van der Waals surface area contributed by atoms with Gasteiger partial charge in [0.25, 0.3) is 0 Å². The average molecular weight is 432 g/mol. The third-order valence-electron chi connectivity index (χ3n) is 5.07. The summed E-state index contributed by atoms with van der Waals surface area (Å²) in [4.78, 5) is 0. The molecule has 6 heteroatoms. The summed E-state index contributed by atoms with van der Waals surface area (Å²) in [6.45, 7) is 4.74. The van der Waals surface area contributed by atoms with Gasteiger partial charge in [0.1, 0.15) is 6.54 Å². The van der Waals surface area contributed by atoms with Crippen LogP contribution in [0.1, 0.15) is 89.5 Å². The predicted molar refractivity (Wildman–Crippen MR) is 108 cm³/mol. The SMILES string of the molecule is CCCCCCCCCCCCCC[N+](C)(C)Cc1ccccc1.[O-][Cl+3]([O-])([O-])[O-]. The summed E-state index contributed by atoms with van der Waals surface area (Å²) in [6, 6.07) is 10.9. The van der Waals surface area contributed by atoms with Crippen LogP contribution < -0.4 is 18.6 Å². The van der Waals surface area contributed by atoms with Gasteiger partial charge in [-0.15, -0.1) is 10.2 Å². The standard InChI is InChI=1S/C23H42N.ClHO4/c1-4-5-6-7-8-9-10-11-12-13-14-18-21-24(2,3)22-23-19-16-15-17-20-23;2-1(3,4)5/h15-17,19-20H,4-14,18,21-22H2,1-3H3;(H,2,3,4,5)/q+1;/p-1. The van der Waals surface area contributed by atoms with Gasteiger partial charge in [-0.2, -0.15) is 0 Å². The lowest BCUT2D eigenvalue weighted by atomic mass is 10.1. The Morgan fingerprint density at radius 2 is 1.03 bits per heavy atom. The largest absolute Gasteiger partial charge is 0.325 e. The Hall–Kier alpha value is -0.690. The van der Waals surface area contributed by atoms with Crippen LogP contribution in [0.25, 0.3) is 0 Å². The summed E-state index contributed by atoms with van der Waals surface area (Å²) in [7, 11) is -0.211. The van der Waals surface area contributed by atoms with Gasteiger partial charge in [-0.3, -0.25) is 0 Å². The van der Waals surface area contributed by atoms with Crippen LogP contribution in [0.4, 0.5) is 0 Å². The molecule has 0 saturated carbocycles. The van der Waals surface area contributed by atoms with Gasteiger partial charge in [-0.1, -0.05) is 101 Å². The molecule has 0 spiro atoms. The van der Waals surface area contributed by atoms with Crippen molar-refractivity contribution in [2.75, 3.05) is 20.6 Å². The molecule has 0 radical (unpaired) electrons. The topological polar surface area (TPSA) is 92.2 Å². The molecule has 0 N–H and O–H groups in total. The number of hydrogen-bond acceptors (Lipinski definition) is 4. The van der Waals surface area contributed by atoms with E-state index in [0.717, 1.165) is 11.0 Å². The van der Waals surface area contributed by atoms with Crippen molar-refractivity contribution in [3.63, 3.8) is 0 Å². The zero-order valence-corrected chi connectivity index (χ0v) is 19.5. The quantitative estimate of drug-likeness (QED) is 0.314. The molecule has 0 aromatic heterocycles. The van der Waals surface area contributed by atoms with E-state index in [4.69, 9.17) is 18.6 Å². The third kappa shape index (κ3) is 23.5. The van der Waals surface area contributed by atoms with Crippen molar-refractivity contribution in [1.82, 2.24) is 0 Å². The first-order chi connectivity index (χ1) is 13.6. The molecule has 0 unspecified atom stereocenters. The van der Waals surface area contributed by atoms with Crippen LogP contribution in [0.15, 0.2) is 30.3 Å². The van der Waals surface area contributed by atoms with Crippen molar-refractivity contribution in [2.45, 2.75) is 90.5 Å². The maximum Gasteiger partial charge on any atom is 0.104 e. The van der Waals surface area contributed by atoms with Crippen molar-refractivity contribution >= 4 is 0 Å². The van der Waals surface area contributed by atoms with Crippen LogP contribution in [-0.4, -0.2) is 25.1 Å². The fraction of sp³-hybridized carbons (Fsp3) is 0.739. The Balaban J connectivity index is 0.00000139. The number of rotatable bonds is 15. The van der Waals surface area contributed by atoms with Crippen molar-refractivity contribution < 1.29 is 33.4 Å². The number of quaternary nitrogens is 1. The van der Waals surface area contributed by atoms with Gasteiger partial charge in [0.2, 0.25) is 0 Å². The lowest BCUT2D eigenvalue weighted by molar-refractivity contribution is -2.00. The van der Waals surface area contributed by atoms with E-state index >= 15 is 0 Å². The molecule has 1 rings (SSSR count). The lowest BCUT2D eigenvalue weighted by Gasteiger charge is -2.30. The Bertz CT molecular complexity index is 472. The second-order valence-corrected chi connectivity index (χ2v) is 9.33. The Morgan fingerprint density at radius 1 is 0.655 bits per heavy atom. The molecule has 0 aliphatic rings. The van der Waals surface area contributed by atoms with Gasteiger partial charge in [-0.25, -0.2) is 18.6 Å². The molecule has 1 aromatic rings. The monoisotopic (exact) mass is 431 g/mol. The summed E-state index contributed by atoms with van der Waals surface area (Å²) in [6.07, 6.45) is 17.2. The minimum absolute atomic E-state index is 1.11. The summed E-state index contributed by atoms with van der Waals surface area (Å²) >= 11 is 0. The van der Waals surface area contributed by atoms with E-state index in [0.29, 0.717) is 0 Å².